The topological polar surface area (TPSA) is 66.9 Å². The van der Waals surface area contributed by atoms with Gasteiger partial charge in [-0.25, -0.2) is 14.8 Å². The predicted octanol–water partition coefficient (Wildman–Crippen LogP) is 3.47. The molecule has 2 heterocycles. The lowest BCUT2D eigenvalue weighted by Crippen LogP contribution is -2.40. The van der Waals surface area contributed by atoms with Crippen molar-refractivity contribution in [2.24, 2.45) is 0 Å². The minimum Gasteiger partial charge on any atom is -0.334 e. The molecule has 6 heteroatoms. The zero-order valence-electron chi connectivity index (χ0n) is 13.1. The zero-order valence-corrected chi connectivity index (χ0v) is 13.9. The Bertz CT molecular complexity index is 669. The number of amides is 2. The number of nitrogens with one attached hydrogen (secondary N) is 2. The van der Waals surface area contributed by atoms with E-state index in [9.17, 15) is 4.79 Å². The Balaban J connectivity index is 1.59. The van der Waals surface area contributed by atoms with E-state index in [4.69, 9.17) is 0 Å². The summed E-state index contributed by atoms with van der Waals surface area (Å²) in [6.07, 6.45) is 3.98. The molecule has 1 aromatic carbocycles. The Kier molecular flexibility index (Phi) is 5.12. The molecule has 3 rings (SSSR count). The van der Waals surface area contributed by atoms with Crippen LogP contribution < -0.4 is 10.6 Å². The number of hydrogen-bond acceptors (Lipinski definition) is 4. The zero-order chi connectivity index (χ0) is 16.1. The number of aryl methyl sites for hydroxylation is 1. The Labute approximate surface area is 140 Å². The van der Waals surface area contributed by atoms with E-state index in [1.165, 1.54) is 12.2 Å². The molecule has 2 aromatic rings. The largest absolute Gasteiger partial charge is 0.334 e. The van der Waals surface area contributed by atoms with Gasteiger partial charge in [-0.2, -0.15) is 11.8 Å². The molecule has 2 amide bonds. The van der Waals surface area contributed by atoms with Gasteiger partial charge in [0.25, 0.3) is 0 Å². The van der Waals surface area contributed by atoms with Crippen LogP contribution in [-0.4, -0.2) is 33.5 Å². The van der Waals surface area contributed by atoms with Gasteiger partial charge in [0, 0.05) is 34.9 Å². The lowest BCUT2D eigenvalue weighted by atomic mass is 10.2. The van der Waals surface area contributed by atoms with Crippen molar-refractivity contribution in [3.63, 3.8) is 0 Å². The van der Waals surface area contributed by atoms with Gasteiger partial charge in [0.2, 0.25) is 0 Å². The highest BCUT2D eigenvalue weighted by Gasteiger charge is 2.15. The molecule has 0 radical (unpaired) electrons. The molecule has 5 nitrogen and oxygen atoms in total. The monoisotopic (exact) mass is 328 g/mol. The Morgan fingerprint density at radius 1 is 1.26 bits per heavy atom. The molecular weight excluding hydrogens is 308 g/mol. The molecule has 1 aromatic heterocycles. The standard InChI is InChI=1S/C17H20N4OS/c1-12-8-9-18-16(19-12)13-4-6-14(7-5-13)20-17(22)21-15-3-2-10-23-11-15/h4-9,15H,2-3,10-11H2,1H3,(H2,20,21,22)/t15-/m0/s1. The first-order valence-electron chi connectivity index (χ1n) is 7.76. The molecule has 0 aliphatic carbocycles. The summed E-state index contributed by atoms with van der Waals surface area (Å²) >= 11 is 1.90. The molecule has 0 spiro atoms. The van der Waals surface area contributed by atoms with E-state index in [0.717, 1.165) is 29.1 Å². The molecule has 0 saturated carbocycles. The first-order chi connectivity index (χ1) is 11.2. The number of thioether (sulfide) groups is 1. The predicted molar refractivity (Wildman–Crippen MR) is 94.7 cm³/mol. The Morgan fingerprint density at radius 3 is 2.78 bits per heavy atom. The maximum atomic E-state index is 12.0. The van der Waals surface area contributed by atoms with E-state index in [-0.39, 0.29) is 12.1 Å². The number of benzene rings is 1. The molecular formula is C17H20N4OS. The van der Waals surface area contributed by atoms with Crippen molar-refractivity contribution in [1.29, 1.82) is 0 Å². The van der Waals surface area contributed by atoms with Crippen LogP contribution in [0.25, 0.3) is 11.4 Å². The van der Waals surface area contributed by atoms with Crippen LogP contribution in [-0.2, 0) is 0 Å². The fourth-order valence-corrected chi connectivity index (χ4v) is 3.57. The molecule has 1 aliphatic rings. The molecule has 120 valence electrons. The van der Waals surface area contributed by atoms with Gasteiger partial charge in [-0.15, -0.1) is 0 Å². The van der Waals surface area contributed by atoms with E-state index in [1.54, 1.807) is 6.20 Å². The summed E-state index contributed by atoms with van der Waals surface area (Å²) in [5.41, 5.74) is 2.63. The molecule has 0 bridgehead atoms. The molecule has 1 fully saturated rings. The first kappa shape index (κ1) is 15.8. The van der Waals surface area contributed by atoms with Gasteiger partial charge in [-0.1, -0.05) is 0 Å². The van der Waals surface area contributed by atoms with Crippen molar-refractivity contribution >= 4 is 23.5 Å². The van der Waals surface area contributed by atoms with Crippen LogP contribution >= 0.6 is 11.8 Å². The Morgan fingerprint density at radius 2 is 2.09 bits per heavy atom. The van der Waals surface area contributed by atoms with Crippen molar-refractivity contribution in [3.8, 4) is 11.4 Å². The summed E-state index contributed by atoms with van der Waals surface area (Å²) in [6, 6.07) is 9.58. The second-order valence-corrected chi connectivity index (χ2v) is 6.76. The van der Waals surface area contributed by atoms with Crippen molar-refractivity contribution in [1.82, 2.24) is 15.3 Å². The third-order valence-corrected chi connectivity index (χ3v) is 4.91. The van der Waals surface area contributed by atoms with Gasteiger partial charge in [-0.3, -0.25) is 0 Å². The fraction of sp³-hybridized carbons (Fsp3) is 0.353. The molecule has 1 atom stereocenters. The fourth-order valence-electron chi connectivity index (χ4n) is 2.50. The van der Waals surface area contributed by atoms with Gasteiger partial charge < -0.3 is 10.6 Å². The van der Waals surface area contributed by atoms with E-state index in [1.807, 2.05) is 49.0 Å². The summed E-state index contributed by atoms with van der Waals surface area (Å²) < 4.78 is 0. The second kappa shape index (κ2) is 7.46. The van der Waals surface area contributed by atoms with Crippen LogP contribution in [0.4, 0.5) is 10.5 Å². The van der Waals surface area contributed by atoms with Crippen molar-refractivity contribution < 1.29 is 4.79 Å². The number of nitrogens with zero attached hydrogens (tertiary/aromatic N) is 2. The van der Waals surface area contributed by atoms with Crippen LogP contribution in [0.3, 0.4) is 0 Å². The third-order valence-electron chi connectivity index (χ3n) is 3.69. The number of rotatable bonds is 3. The van der Waals surface area contributed by atoms with Crippen molar-refractivity contribution in [3.05, 3.63) is 42.2 Å². The molecule has 1 aliphatic heterocycles. The number of carbonyl (C=O) groups is 1. The average Bonchev–Trinajstić information content (AvgIpc) is 2.56. The summed E-state index contributed by atoms with van der Waals surface area (Å²) in [4.78, 5) is 20.7. The van der Waals surface area contributed by atoms with Gasteiger partial charge >= 0.3 is 6.03 Å². The number of aromatic nitrogens is 2. The number of hydrogen-bond donors (Lipinski definition) is 2. The van der Waals surface area contributed by atoms with E-state index >= 15 is 0 Å². The van der Waals surface area contributed by atoms with Gasteiger partial charge in [0.1, 0.15) is 0 Å². The quantitative estimate of drug-likeness (QED) is 0.905. The summed E-state index contributed by atoms with van der Waals surface area (Å²) in [5, 5.41) is 5.90. The molecule has 1 saturated heterocycles. The summed E-state index contributed by atoms with van der Waals surface area (Å²) in [7, 11) is 0. The minimum atomic E-state index is -0.142. The maximum Gasteiger partial charge on any atom is 0.319 e. The van der Waals surface area contributed by atoms with Gasteiger partial charge in [0.15, 0.2) is 5.82 Å². The van der Waals surface area contributed by atoms with Crippen LogP contribution in [0.1, 0.15) is 18.5 Å². The van der Waals surface area contributed by atoms with E-state index < -0.39 is 0 Å². The second-order valence-electron chi connectivity index (χ2n) is 5.61. The summed E-state index contributed by atoms with van der Waals surface area (Å²) in [6.45, 7) is 1.94. The lowest BCUT2D eigenvalue weighted by Gasteiger charge is -2.22. The highest BCUT2D eigenvalue weighted by Crippen LogP contribution is 2.19. The normalized spacial score (nSPS) is 17.5. The molecule has 2 N–H and O–H groups in total. The first-order valence-corrected chi connectivity index (χ1v) is 8.91. The molecule has 23 heavy (non-hydrogen) atoms. The van der Waals surface area contributed by atoms with Gasteiger partial charge in [-0.05, 0) is 55.9 Å². The lowest BCUT2D eigenvalue weighted by molar-refractivity contribution is 0.248. The number of carbonyl (C=O) groups excluding carboxylic acids is 1. The van der Waals surface area contributed by atoms with E-state index in [2.05, 4.69) is 20.6 Å². The highest BCUT2D eigenvalue weighted by molar-refractivity contribution is 7.99. The highest BCUT2D eigenvalue weighted by atomic mass is 32.2. The van der Waals surface area contributed by atoms with Gasteiger partial charge in [0.05, 0.1) is 0 Å². The van der Waals surface area contributed by atoms with Crippen LogP contribution in [0.2, 0.25) is 0 Å². The van der Waals surface area contributed by atoms with Crippen LogP contribution in [0.5, 0.6) is 0 Å². The minimum absolute atomic E-state index is 0.142. The molecule has 0 unspecified atom stereocenters. The average molecular weight is 328 g/mol. The maximum absolute atomic E-state index is 12.0. The SMILES string of the molecule is Cc1ccnc(-c2ccc(NC(=O)N[C@H]3CCCSC3)cc2)n1. The number of urea groups is 1. The smallest absolute Gasteiger partial charge is 0.319 e. The van der Waals surface area contributed by atoms with Crippen LogP contribution in [0.15, 0.2) is 36.5 Å². The Hall–Kier alpha value is -2.08. The van der Waals surface area contributed by atoms with Crippen molar-refractivity contribution in [2.75, 3.05) is 16.8 Å². The third kappa shape index (κ3) is 4.45. The summed E-state index contributed by atoms with van der Waals surface area (Å²) in [5.74, 6) is 2.89. The number of anilines is 1. The van der Waals surface area contributed by atoms with E-state index in [0.29, 0.717) is 5.82 Å². The van der Waals surface area contributed by atoms with Crippen molar-refractivity contribution in [2.45, 2.75) is 25.8 Å². The van der Waals surface area contributed by atoms with Crippen LogP contribution in [0, 0.1) is 6.92 Å².